The summed E-state index contributed by atoms with van der Waals surface area (Å²) in [6.45, 7) is 8.74. The predicted molar refractivity (Wildman–Crippen MR) is 87.4 cm³/mol. The molecule has 2 amide bonds. The van der Waals surface area contributed by atoms with Crippen molar-refractivity contribution in [2.75, 3.05) is 19.6 Å². The largest absolute Gasteiger partial charge is 0.479 e. The topological polar surface area (TPSA) is 87.2 Å². The van der Waals surface area contributed by atoms with Gasteiger partial charge in [0.25, 0.3) is 0 Å². The molecule has 24 heavy (non-hydrogen) atoms. The van der Waals surface area contributed by atoms with E-state index in [4.69, 9.17) is 9.84 Å². The Kier molecular flexibility index (Phi) is 5.52. The highest BCUT2D eigenvalue weighted by molar-refractivity contribution is 5.89. The van der Waals surface area contributed by atoms with Gasteiger partial charge in [-0.05, 0) is 25.2 Å². The lowest BCUT2D eigenvalue weighted by Crippen LogP contribution is -2.56. The van der Waals surface area contributed by atoms with Gasteiger partial charge in [-0.15, -0.1) is 0 Å². The first-order valence-electron chi connectivity index (χ1n) is 8.55. The van der Waals surface area contributed by atoms with Gasteiger partial charge in [0, 0.05) is 19.5 Å². The van der Waals surface area contributed by atoms with Crippen LogP contribution in [0.3, 0.4) is 0 Å². The van der Waals surface area contributed by atoms with E-state index in [1.54, 1.807) is 16.7 Å². The van der Waals surface area contributed by atoms with Crippen LogP contribution in [-0.2, 0) is 19.1 Å². The molecule has 2 fully saturated rings. The second-order valence-electron chi connectivity index (χ2n) is 8.00. The number of carbonyl (C=O) groups excluding carboxylic acids is 2. The molecule has 7 nitrogen and oxygen atoms in total. The van der Waals surface area contributed by atoms with Gasteiger partial charge in [0.15, 0.2) is 6.10 Å². The van der Waals surface area contributed by atoms with Gasteiger partial charge in [0.2, 0.25) is 11.8 Å². The molecule has 2 heterocycles. The van der Waals surface area contributed by atoms with Crippen LogP contribution in [0.15, 0.2) is 0 Å². The Morgan fingerprint density at radius 1 is 1.21 bits per heavy atom. The quantitative estimate of drug-likeness (QED) is 0.832. The van der Waals surface area contributed by atoms with Crippen molar-refractivity contribution in [3.05, 3.63) is 0 Å². The zero-order valence-corrected chi connectivity index (χ0v) is 14.9. The normalized spacial score (nSPS) is 28.1. The fraction of sp³-hybridized carbons (Fsp3) is 0.824. The van der Waals surface area contributed by atoms with E-state index in [1.165, 1.54) is 0 Å². The summed E-state index contributed by atoms with van der Waals surface area (Å²) in [5, 5.41) is 9.16. The number of likely N-dealkylation sites (tertiary alicyclic amines) is 1. The minimum absolute atomic E-state index is 0.00515. The smallest absolute Gasteiger partial charge is 0.334 e. The molecule has 0 aromatic heterocycles. The van der Waals surface area contributed by atoms with Gasteiger partial charge in [-0.25, -0.2) is 4.79 Å². The van der Waals surface area contributed by atoms with Gasteiger partial charge in [0.1, 0.15) is 6.04 Å². The molecule has 0 radical (unpaired) electrons. The zero-order chi connectivity index (χ0) is 18.1. The Bertz CT molecular complexity index is 514. The molecule has 2 aliphatic rings. The lowest BCUT2D eigenvalue weighted by atomic mass is 9.91. The third-order valence-corrected chi connectivity index (χ3v) is 4.39. The summed E-state index contributed by atoms with van der Waals surface area (Å²) in [5.74, 6) is -1.22. The van der Waals surface area contributed by atoms with E-state index in [0.29, 0.717) is 25.9 Å². The van der Waals surface area contributed by atoms with Crippen molar-refractivity contribution in [2.45, 2.75) is 65.2 Å². The Labute approximate surface area is 142 Å². The maximum atomic E-state index is 12.9. The molecule has 2 rings (SSSR count). The van der Waals surface area contributed by atoms with Crippen molar-refractivity contribution in [1.82, 2.24) is 9.80 Å². The second kappa shape index (κ2) is 7.09. The molecule has 0 bridgehead atoms. The van der Waals surface area contributed by atoms with Crippen molar-refractivity contribution in [3.63, 3.8) is 0 Å². The summed E-state index contributed by atoms with van der Waals surface area (Å²) in [6, 6.07) is -0.473. The van der Waals surface area contributed by atoms with Crippen LogP contribution < -0.4 is 0 Å². The van der Waals surface area contributed by atoms with E-state index >= 15 is 0 Å². The fourth-order valence-corrected chi connectivity index (χ4v) is 3.36. The molecule has 3 atom stereocenters. The second-order valence-corrected chi connectivity index (χ2v) is 8.00. The van der Waals surface area contributed by atoms with Crippen LogP contribution in [0.1, 0.15) is 47.0 Å². The van der Waals surface area contributed by atoms with E-state index in [1.807, 2.05) is 20.8 Å². The highest BCUT2D eigenvalue weighted by atomic mass is 16.5. The van der Waals surface area contributed by atoms with Gasteiger partial charge in [-0.1, -0.05) is 20.8 Å². The SMILES string of the molecule is C[C@@H]1CN(C(=O)C2CCCN2C(=O)CC(C)(C)C)CC(C(=O)O)O1. The van der Waals surface area contributed by atoms with Crippen molar-refractivity contribution in [3.8, 4) is 0 Å². The van der Waals surface area contributed by atoms with Crippen molar-refractivity contribution >= 4 is 17.8 Å². The Hall–Kier alpha value is -1.63. The van der Waals surface area contributed by atoms with Crippen LogP contribution in [0.4, 0.5) is 0 Å². The van der Waals surface area contributed by atoms with Crippen molar-refractivity contribution < 1.29 is 24.2 Å². The van der Waals surface area contributed by atoms with Crippen LogP contribution in [-0.4, -0.2) is 70.6 Å². The molecule has 0 spiro atoms. The monoisotopic (exact) mass is 340 g/mol. The zero-order valence-electron chi connectivity index (χ0n) is 14.9. The lowest BCUT2D eigenvalue weighted by molar-refractivity contribution is -0.168. The number of carboxylic acid groups (broad SMARTS) is 1. The number of morpholine rings is 1. The number of ether oxygens (including phenoxy) is 1. The molecule has 136 valence electrons. The van der Waals surface area contributed by atoms with Gasteiger partial charge >= 0.3 is 5.97 Å². The molecular formula is C17H28N2O5. The van der Waals surface area contributed by atoms with Crippen LogP contribution in [0.5, 0.6) is 0 Å². The first-order chi connectivity index (χ1) is 11.1. The first-order valence-corrected chi connectivity index (χ1v) is 8.55. The molecule has 7 heteroatoms. The third kappa shape index (κ3) is 4.47. The average Bonchev–Trinajstić information content (AvgIpc) is 2.93. The number of aliphatic carboxylic acids is 1. The molecule has 0 aromatic rings. The molecule has 0 aliphatic carbocycles. The molecule has 2 unspecified atom stereocenters. The summed E-state index contributed by atoms with van der Waals surface area (Å²) >= 11 is 0. The molecule has 0 aromatic carbocycles. The minimum atomic E-state index is -1.06. The molecule has 0 saturated carbocycles. The Morgan fingerprint density at radius 3 is 2.46 bits per heavy atom. The first kappa shape index (κ1) is 18.7. The van der Waals surface area contributed by atoms with Crippen molar-refractivity contribution in [2.24, 2.45) is 5.41 Å². The summed E-state index contributed by atoms with van der Waals surface area (Å²) < 4.78 is 5.36. The number of amides is 2. The van der Waals surface area contributed by atoms with Gasteiger partial charge in [-0.3, -0.25) is 9.59 Å². The Balaban J connectivity index is 2.07. The summed E-state index contributed by atoms with van der Waals surface area (Å²) in [5.41, 5.74) is -0.130. The van der Waals surface area contributed by atoms with E-state index in [9.17, 15) is 14.4 Å². The van der Waals surface area contributed by atoms with Gasteiger partial charge in [0.05, 0.1) is 12.6 Å². The molecule has 2 saturated heterocycles. The predicted octanol–water partition coefficient (Wildman–Crippen LogP) is 1.11. The van der Waals surface area contributed by atoms with Crippen molar-refractivity contribution in [1.29, 1.82) is 0 Å². The van der Waals surface area contributed by atoms with E-state index in [2.05, 4.69) is 0 Å². The minimum Gasteiger partial charge on any atom is -0.479 e. The van der Waals surface area contributed by atoms with E-state index < -0.39 is 18.1 Å². The standard InChI is InChI=1S/C17H28N2O5/c1-11-9-18(10-13(24-11)16(22)23)15(21)12-6-5-7-19(12)14(20)8-17(2,3)4/h11-13H,5-10H2,1-4H3,(H,22,23)/t11-,12?,13?/m1/s1. The van der Waals surface area contributed by atoms with Crippen LogP contribution in [0.2, 0.25) is 0 Å². The number of carboxylic acids is 1. The third-order valence-electron chi connectivity index (χ3n) is 4.39. The summed E-state index contributed by atoms with van der Waals surface area (Å²) in [7, 11) is 0. The van der Waals surface area contributed by atoms with E-state index in [0.717, 1.165) is 6.42 Å². The van der Waals surface area contributed by atoms with Gasteiger partial charge < -0.3 is 19.6 Å². The number of rotatable bonds is 3. The number of carbonyl (C=O) groups is 3. The Morgan fingerprint density at radius 2 is 1.88 bits per heavy atom. The van der Waals surface area contributed by atoms with Crippen LogP contribution in [0, 0.1) is 5.41 Å². The maximum Gasteiger partial charge on any atom is 0.334 e. The maximum absolute atomic E-state index is 12.9. The summed E-state index contributed by atoms with van der Waals surface area (Å²) in [6.07, 6.45) is 0.502. The number of nitrogens with zero attached hydrogens (tertiary/aromatic N) is 2. The van der Waals surface area contributed by atoms with Gasteiger partial charge in [-0.2, -0.15) is 0 Å². The van der Waals surface area contributed by atoms with E-state index in [-0.39, 0.29) is 29.9 Å². The number of hydrogen-bond acceptors (Lipinski definition) is 4. The highest BCUT2D eigenvalue weighted by Crippen LogP contribution is 2.26. The molecular weight excluding hydrogens is 312 g/mol. The molecule has 1 N–H and O–H groups in total. The number of hydrogen-bond donors (Lipinski definition) is 1. The summed E-state index contributed by atoms with van der Waals surface area (Å²) in [4.78, 5) is 39.8. The molecule has 2 aliphatic heterocycles. The average molecular weight is 340 g/mol. The highest BCUT2D eigenvalue weighted by Gasteiger charge is 2.40. The van der Waals surface area contributed by atoms with Crippen LogP contribution >= 0.6 is 0 Å². The lowest BCUT2D eigenvalue weighted by Gasteiger charge is -2.38. The van der Waals surface area contributed by atoms with Crippen LogP contribution in [0.25, 0.3) is 0 Å². The fourth-order valence-electron chi connectivity index (χ4n) is 3.36.